The van der Waals surface area contributed by atoms with Crippen LogP contribution >= 0.6 is 0 Å². The van der Waals surface area contributed by atoms with Crippen LogP contribution in [-0.4, -0.2) is 29.5 Å². The Morgan fingerprint density at radius 2 is 2.14 bits per heavy atom. The van der Waals surface area contributed by atoms with Gasteiger partial charge in [-0.3, -0.25) is 9.78 Å². The second-order valence-electron chi connectivity index (χ2n) is 5.22. The summed E-state index contributed by atoms with van der Waals surface area (Å²) in [5.74, 6) is 0.761. The zero-order chi connectivity index (χ0) is 15.8. The number of amides is 1. The second kappa shape index (κ2) is 8.12. The highest BCUT2D eigenvalue weighted by Gasteiger charge is 2.07. The lowest BCUT2D eigenvalue weighted by Crippen LogP contribution is -2.24. The van der Waals surface area contributed by atoms with E-state index in [-0.39, 0.29) is 5.91 Å². The molecule has 5 nitrogen and oxygen atoms in total. The van der Waals surface area contributed by atoms with Gasteiger partial charge in [-0.25, -0.2) is 4.98 Å². The molecule has 1 amide bonds. The maximum Gasteiger partial charge on any atom is 0.253 e. The Balaban J connectivity index is 1.90. The first-order chi connectivity index (χ1) is 10.7. The molecule has 2 aromatic heterocycles. The van der Waals surface area contributed by atoms with Crippen molar-refractivity contribution in [2.75, 3.05) is 18.5 Å². The highest BCUT2D eigenvalue weighted by molar-refractivity contribution is 5.94. The first-order valence-electron chi connectivity index (χ1n) is 7.55. The summed E-state index contributed by atoms with van der Waals surface area (Å²) in [4.78, 5) is 22.6. The van der Waals surface area contributed by atoms with Gasteiger partial charge in [-0.1, -0.05) is 19.4 Å². The van der Waals surface area contributed by atoms with Crippen molar-refractivity contribution in [3.05, 3.63) is 54.0 Å². The number of unbranched alkanes of at least 4 members (excludes halogenated alkanes) is 1. The van der Waals surface area contributed by atoms with Gasteiger partial charge in [0.15, 0.2) is 0 Å². The molecule has 0 unspecified atom stereocenters. The number of anilines is 1. The van der Waals surface area contributed by atoms with E-state index in [9.17, 15) is 4.79 Å². The number of hydrogen-bond donors (Lipinski definition) is 1. The molecule has 0 spiro atoms. The van der Waals surface area contributed by atoms with Gasteiger partial charge >= 0.3 is 0 Å². The minimum absolute atomic E-state index is 0.126. The van der Waals surface area contributed by atoms with Crippen molar-refractivity contribution in [2.45, 2.75) is 26.3 Å². The van der Waals surface area contributed by atoms with Crippen molar-refractivity contribution in [1.29, 1.82) is 0 Å². The predicted octanol–water partition coefficient (Wildman–Crippen LogP) is 2.64. The highest BCUT2D eigenvalue weighted by atomic mass is 16.1. The van der Waals surface area contributed by atoms with E-state index in [0.29, 0.717) is 12.1 Å². The van der Waals surface area contributed by atoms with Crippen molar-refractivity contribution in [1.82, 2.24) is 15.3 Å². The smallest absolute Gasteiger partial charge is 0.253 e. The van der Waals surface area contributed by atoms with Crippen molar-refractivity contribution < 1.29 is 4.79 Å². The second-order valence-corrected chi connectivity index (χ2v) is 5.22. The third kappa shape index (κ3) is 4.55. The molecule has 2 heterocycles. The fourth-order valence-electron chi connectivity index (χ4n) is 2.04. The van der Waals surface area contributed by atoms with Gasteiger partial charge in [-0.2, -0.15) is 0 Å². The lowest BCUT2D eigenvalue weighted by molar-refractivity contribution is 0.0950. The van der Waals surface area contributed by atoms with Crippen LogP contribution in [0.1, 0.15) is 35.7 Å². The standard InChI is InChI=1S/C17H22N4O/c1-3-4-10-21(2)16-8-7-15(13-19-16)17(22)20-12-14-6-5-9-18-11-14/h5-9,11,13H,3-4,10,12H2,1-2H3,(H,20,22). The first kappa shape index (κ1) is 15.9. The Labute approximate surface area is 131 Å². The molecule has 0 aliphatic heterocycles. The van der Waals surface area contributed by atoms with E-state index in [2.05, 4.69) is 27.1 Å². The molecule has 2 aromatic rings. The summed E-state index contributed by atoms with van der Waals surface area (Å²) in [6.07, 6.45) is 7.36. The first-order valence-corrected chi connectivity index (χ1v) is 7.55. The van der Waals surface area contributed by atoms with Gasteiger partial charge in [0.2, 0.25) is 0 Å². The van der Waals surface area contributed by atoms with E-state index in [1.165, 1.54) is 0 Å². The Morgan fingerprint density at radius 3 is 2.77 bits per heavy atom. The zero-order valence-corrected chi connectivity index (χ0v) is 13.1. The lowest BCUT2D eigenvalue weighted by atomic mass is 10.2. The van der Waals surface area contributed by atoms with Crippen molar-refractivity contribution in [3.8, 4) is 0 Å². The number of rotatable bonds is 7. The van der Waals surface area contributed by atoms with Gasteiger partial charge in [0, 0.05) is 38.7 Å². The SMILES string of the molecule is CCCCN(C)c1ccc(C(=O)NCc2cccnc2)cn1. The molecule has 0 bridgehead atoms. The molecule has 0 aliphatic rings. The normalized spacial score (nSPS) is 10.3. The molecule has 5 heteroatoms. The van der Waals surface area contributed by atoms with E-state index in [4.69, 9.17) is 0 Å². The number of carbonyl (C=O) groups is 1. The molecule has 22 heavy (non-hydrogen) atoms. The molecular formula is C17H22N4O. The number of nitrogens with one attached hydrogen (secondary N) is 1. The molecule has 0 saturated carbocycles. The molecule has 0 fully saturated rings. The predicted molar refractivity (Wildman–Crippen MR) is 87.8 cm³/mol. The summed E-state index contributed by atoms with van der Waals surface area (Å²) in [5.41, 5.74) is 1.54. The molecule has 0 radical (unpaired) electrons. The maximum absolute atomic E-state index is 12.1. The van der Waals surface area contributed by atoms with E-state index >= 15 is 0 Å². The summed E-state index contributed by atoms with van der Waals surface area (Å²) in [5, 5.41) is 2.87. The largest absolute Gasteiger partial charge is 0.360 e. The van der Waals surface area contributed by atoms with Crippen LogP contribution in [-0.2, 0) is 6.54 Å². The minimum atomic E-state index is -0.126. The van der Waals surface area contributed by atoms with Crippen LogP contribution in [0.15, 0.2) is 42.9 Å². The lowest BCUT2D eigenvalue weighted by Gasteiger charge is -2.17. The third-order valence-corrected chi connectivity index (χ3v) is 3.42. The summed E-state index contributed by atoms with van der Waals surface area (Å²) < 4.78 is 0. The van der Waals surface area contributed by atoms with Gasteiger partial charge in [0.1, 0.15) is 5.82 Å². The van der Waals surface area contributed by atoms with Crippen LogP contribution in [0.4, 0.5) is 5.82 Å². The minimum Gasteiger partial charge on any atom is -0.360 e. The Kier molecular flexibility index (Phi) is 5.89. The summed E-state index contributed by atoms with van der Waals surface area (Å²) in [7, 11) is 2.01. The molecule has 0 saturated heterocycles. The van der Waals surface area contributed by atoms with Crippen molar-refractivity contribution in [3.63, 3.8) is 0 Å². The number of pyridine rings is 2. The Morgan fingerprint density at radius 1 is 1.27 bits per heavy atom. The van der Waals surface area contributed by atoms with Gasteiger partial charge in [-0.15, -0.1) is 0 Å². The molecule has 1 N–H and O–H groups in total. The number of carbonyl (C=O) groups excluding carboxylic acids is 1. The summed E-state index contributed by atoms with van der Waals surface area (Å²) in [6.45, 7) is 3.60. The van der Waals surface area contributed by atoms with Crippen LogP contribution in [0.2, 0.25) is 0 Å². The fraction of sp³-hybridized carbons (Fsp3) is 0.353. The molecule has 0 aromatic carbocycles. The van der Waals surface area contributed by atoms with Crippen LogP contribution in [0.3, 0.4) is 0 Å². The highest BCUT2D eigenvalue weighted by Crippen LogP contribution is 2.10. The monoisotopic (exact) mass is 298 g/mol. The molecular weight excluding hydrogens is 276 g/mol. The van der Waals surface area contributed by atoms with Gasteiger partial charge < -0.3 is 10.2 Å². The van der Waals surface area contributed by atoms with Crippen LogP contribution < -0.4 is 10.2 Å². The van der Waals surface area contributed by atoms with Crippen molar-refractivity contribution >= 4 is 11.7 Å². The van der Waals surface area contributed by atoms with E-state index in [1.54, 1.807) is 18.6 Å². The molecule has 0 atom stereocenters. The Bertz CT molecular complexity index is 583. The summed E-state index contributed by atoms with van der Waals surface area (Å²) in [6, 6.07) is 7.47. The Hall–Kier alpha value is -2.43. The molecule has 0 aliphatic carbocycles. The maximum atomic E-state index is 12.1. The summed E-state index contributed by atoms with van der Waals surface area (Å²) >= 11 is 0. The van der Waals surface area contributed by atoms with Crippen LogP contribution in [0.25, 0.3) is 0 Å². The topological polar surface area (TPSA) is 58.1 Å². The third-order valence-electron chi connectivity index (χ3n) is 3.42. The van der Waals surface area contributed by atoms with Crippen LogP contribution in [0.5, 0.6) is 0 Å². The van der Waals surface area contributed by atoms with E-state index in [0.717, 1.165) is 30.8 Å². The molecule has 2 rings (SSSR count). The molecule has 116 valence electrons. The van der Waals surface area contributed by atoms with Crippen LogP contribution in [0, 0.1) is 0 Å². The quantitative estimate of drug-likeness (QED) is 0.853. The average molecular weight is 298 g/mol. The number of hydrogen-bond acceptors (Lipinski definition) is 4. The number of aromatic nitrogens is 2. The van der Waals surface area contributed by atoms with Gasteiger partial charge in [0.25, 0.3) is 5.91 Å². The van der Waals surface area contributed by atoms with Gasteiger partial charge in [-0.05, 0) is 30.2 Å². The van der Waals surface area contributed by atoms with E-state index < -0.39 is 0 Å². The van der Waals surface area contributed by atoms with E-state index in [1.807, 2.05) is 31.3 Å². The average Bonchev–Trinajstić information content (AvgIpc) is 2.58. The fourth-order valence-corrected chi connectivity index (χ4v) is 2.04. The van der Waals surface area contributed by atoms with Crippen molar-refractivity contribution in [2.24, 2.45) is 0 Å². The zero-order valence-electron chi connectivity index (χ0n) is 13.1. The number of nitrogens with zero attached hydrogens (tertiary/aromatic N) is 3. The van der Waals surface area contributed by atoms with Gasteiger partial charge in [0.05, 0.1) is 5.56 Å².